The van der Waals surface area contributed by atoms with Gasteiger partial charge in [-0.1, -0.05) is 157 Å². The molecular formula is C47H28N4S. The molecule has 2 heterocycles. The first-order chi connectivity index (χ1) is 25.7. The number of fused-ring (bicyclic) bond motifs is 9. The fourth-order valence-electron chi connectivity index (χ4n) is 7.97. The molecule has 242 valence electrons. The molecule has 4 nitrogen and oxygen atoms in total. The van der Waals surface area contributed by atoms with Crippen molar-refractivity contribution in [2.45, 2.75) is 15.2 Å². The number of nitriles is 1. The predicted molar refractivity (Wildman–Crippen MR) is 208 cm³/mol. The summed E-state index contributed by atoms with van der Waals surface area (Å²) < 4.78 is 0. The molecule has 0 fully saturated rings. The number of benzene rings is 7. The van der Waals surface area contributed by atoms with Crippen molar-refractivity contribution in [3.8, 4) is 62.5 Å². The Morgan fingerprint density at radius 2 is 0.904 bits per heavy atom. The van der Waals surface area contributed by atoms with Gasteiger partial charge >= 0.3 is 0 Å². The van der Waals surface area contributed by atoms with Crippen LogP contribution >= 0.6 is 11.8 Å². The Morgan fingerprint density at radius 3 is 1.48 bits per heavy atom. The molecular weight excluding hydrogens is 653 g/mol. The summed E-state index contributed by atoms with van der Waals surface area (Å²) in [6.45, 7) is 0. The van der Waals surface area contributed by atoms with E-state index in [0.717, 1.165) is 44.5 Å². The van der Waals surface area contributed by atoms with Gasteiger partial charge in [-0.3, -0.25) is 0 Å². The molecule has 1 aliphatic carbocycles. The van der Waals surface area contributed by atoms with Crippen LogP contribution < -0.4 is 0 Å². The minimum atomic E-state index is -0.557. The van der Waals surface area contributed by atoms with Gasteiger partial charge in [-0.25, -0.2) is 15.0 Å². The van der Waals surface area contributed by atoms with Gasteiger partial charge in [0.05, 0.1) is 17.0 Å². The fourth-order valence-corrected chi connectivity index (χ4v) is 9.16. The van der Waals surface area contributed by atoms with Crippen LogP contribution in [0.15, 0.2) is 180 Å². The minimum Gasteiger partial charge on any atom is -0.208 e. The van der Waals surface area contributed by atoms with Crippen LogP contribution in [0.4, 0.5) is 0 Å². The zero-order valence-electron chi connectivity index (χ0n) is 27.9. The van der Waals surface area contributed by atoms with Gasteiger partial charge in [-0.2, -0.15) is 5.26 Å². The molecule has 5 heteroatoms. The Hall–Kier alpha value is -6.61. The molecule has 0 atom stereocenters. The van der Waals surface area contributed by atoms with E-state index in [1.54, 1.807) is 0 Å². The third kappa shape index (κ3) is 4.59. The monoisotopic (exact) mass is 680 g/mol. The highest BCUT2D eigenvalue weighted by Crippen LogP contribution is 2.63. The van der Waals surface area contributed by atoms with Gasteiger partial charge in [0.2, 0.25) is 0 Å². The molecule has 0 radical (unpaired) electrons. The molecule has 0 unspecified atom stereocenters. The second kappa shape index (κ2) is 12.0. The number of nitrogens with zero attached hydrogens (tertiary/aromatic N) is 4. The highest BCUT2D eigenvalue weighted by Gasteiger charge is 2.50. The lowest BCUT2D eigenvalue weighted by atomic mass is 9.67. The Balaban J connectivity index is 1.13. The summed E-state index contributed by atoms with van der Waals surface area (Å²) in [6.07, 6.45) is 0. The summed E-state index contributed by atoms with van der Waals surface area (Å²) in [5, 5.41) is 10.4. The highest BCUT2D eigenvalue weighted by molar-refractivity contribution is 7.99. The van der Waals surface area contributed by atoms with Crippen molar-refractivity contribution in [3.05, 3.63) is 198 Å². The van der Waals surface area contributed by atoms with Crippen molar-refractivity contribution in [1.82, 2.24) is 15.0 Å². The molecule has 0 bridgehead atoms. The van der Waals surface area contributed by atoms with E-state index in [9.17, 15) is 5.26 Å². The molecule has 1 spiro atoms. The first kappa shape index (κ1) is 30.2. The molecule has 0 saturated carbocycles. The number of aromatic nitrogens is 3. The van der Waals surface area contributed by atoms with Crippen molar-refractivity contribution < 1.29 is 0 Å². The van der Waals surface area contributed by atoms with E-state index in [1.807, 2.05) is 84.6 Å². The van der Waals surface area contributed by atoms with Crippen LogP contribution in [-0.4, -0.2) is 15.0 Å². The average molecular weight is 681 g/mol. The Morgan fingerprint density at radius 1 is 0.423 bits per heavy atom. The number of hydrogen-bond acceptors (Lipinski definition) is 5. The smallest absolute Gasteiger partial charge is 0.164 e. The minimum absolute atomic E-state index is 0.557. The van der Waals surface area contributed by atoms with Gasteiger partial charge in [0.25, 0.3) is 0 Å². The molecule has 8 aromatic rings. The van der Waals surface area contributed by atoms with E-state index in [4.69, 9.17) is 15.0 Å². The van der Waals surface area contributed by atoms with Crippen molar-refractivity contribution in [2.75, 3.05) is 0 Å². The Kier molecular flexibility index (Phi) is 6.99. The van der Waals surface area contributed by atoms with Crippen LogP contribution in [0.5, 0.6) is 0 Å². The summed E-state index contributed by atoms with van der Waals surface area (Å²) in [5.74, 6) is 1.90. The molecule has 0 saturated heterocycles. The van der Waals surface area contributed by atoms with E-state index < -0.39 is 5.41 Å². The second-order valence-corrected chi connectivity index (χ2v) is 14.1. The van der Waals surface area contributed by atoms with Crippen LogP contribution in [0.3, 0.4) is 0 Å². The molecule has 0 amide bonds. The summed E-state index contributed by atoms with van der Waals surface area (Å²) in [5.41, 5.74) is 12.1. The average Bonchev–Trinajstić information content (AvgIpc) is 3.51. The standard InChI is InChI=1S/C47H28N4S/c48-29-35-16-11-19-39-43(35)36-27-26-34(28-40(36)47(39)37-17-7-9-20-41(37)52-42-21-10-8-18-38(42)47)30-22-24-33(25-23-30)46-50-44(31-12-3-1-4-13-31)49-45(51-46)32-14-5-2-6-15-32/h1-28H. The van der Waals surface area contributed by atoms with Gasteiger partial charge in [0.15, 0.2) is 17.5 Å². The molecule has 2 aliphatic rings. The van der Waals surface area contributed by atoms with E-state index in [-0.39, 0.29) is 0 Å². The van der Waals surface area contributed by atoms with E-state index in [2.05, 4.69) is 103 Å². The van der Waals surface area contributed by atoms with Crippen molar-refractivity contribution in [3.63, 3.8) is 0 Å². The van der Waals surface area contributed by atoms with E-state index in [1.165, 1.54) is 26.5 Å². The van der Waals surface area contributed by atoms with E-state index in [0.29, 0.717) is 23.0 Å². The Bertz CT molecular complexity index is 2610. The maximum atomic E-state index is 10.4. The molecule has 0 N–H and O–H groups in total. The first-order valence-corrected chi connectivity index (χ1v) is 18.1. The number of hydrogen-bond donors (Lipinski definition) is 0. The topological polar surface area (TPSA) is 62.5 Å². The highest BCUT2D eigenvalue weighted by atomic mass is 32.2. The summed E-state index contributed by atoms with van der Waals surface area (Å²) >= 11 is 1.82. The molecule has 1 aliphatic heterocycles. The first-order valence-electron chi connectivity index (χ1n) is 17.3. The normalized spacial score (nSPS) is 13.1. The van der Waals surface area contributed by atoms with Crippen molar-refractivity contribution in [1.29, 1.82) is 5.26 Å². The zero-order valence-corrected chi connectivity index (χ0v) is 28.7. The lowest BCUT2D eigenvalue weighted by molar-refractivity contribution is 0.722. The van der Waals surface area contributed by atoms with Crippen LogP contribution in [-0.2, 0) is 5.41 Å². The SMILES string of the molecule is N#Cc1cccc2c1-c1ccc(-c3ccc(-c4nc(-c5ccccc5)nc(-c5ccccc5)n4)cc3)cc1C21c2ccccc2Sc2ccccc21. The molecule has 7 aromatic carbocycles. The Labute approximate surface area is 306 Å². The van der Waals surface area contributed by atoms with Crippen molar-refractivity contribution >= 4 is 11.8 Å². The van der Waals surface area contributed by atoms with Gasteiger partial charge in [0.1, 0.15) is 0 Å². The second-order valence-electron chi connectivity index (χ2n) is 13.1. The third-order valence-corrected chi connectivity index (χ3v) is 11.4. The largest absolute Gasteiger partial charge is 0.208 e. The van der Waals surface area contributed by atoms with Gasteiger partial charge < -0.3 is 0 Å². The third-order valence-electron chi connectivity index (χ3n) is 10.3. The quantitative estimate of drug-likeness (QED) is 0.185. The van der Waals surface area contributed by atoms with Crippen LogP contribution in [0.25, 0.3) is 56.4 Å². The predicted octanol–water partition coefficient (Wildman–Crippen LogP) is 11.2. The van der Waals surface area contributed by atoms with Gasteiger partial charge in [-0.15, -0.1) is 0 Å². The fraction of sp³-hybridized carbons (Fsp3) is 0.0213. The lowest BCUT2D eigenvalue weighted by Crippen LogP contribution is -2.32. The zero-order chi connectivity index (χ0) is 34.6. The molecule has 1 aromatic heterocycles. The van der Waals surface area contributed by atoms with Gasteiger partial charge in [-0.05, 0) is 63.2 Å². The lowest BCUT2D eigenvalue weighted by Gasteiger charge is -2.39. The van der Waals surface area contributed by atoms with Crippen LogP contribution in [0.1, 0.15) is 27.8 Å². The molecule has 52 heavy (non-hydrogen) atoms. The van der Waals surface area contributed by atoms with Gasteiger partial charge in [0, 0.05) is 32.0 Å². The number of rotatable bonds is 4. The maximum Gasteiger partial charge on any atom is 0.164 e. The van der Waals surface area contributed by atoms with E-state index >= 15 is 0 Å². The summed E-state index contributed by atoms with van der Waals surface area (Å²) in [7, 11) is 0. The van der Waals surface area contributed by atoms with Crippen LogP contribution in [0, 0.1) is 11.3 Å². The molecule has 10 rings (SSSR count). The van der Waals surface area contributed by atoms with Crippen LogP contribution in [0.2, 0.25) is 0 Å². The maximum absolute atomic E-state index is 10.4. The summed E-state index contributed by atoms with van der Waals surface area (Å²) in [4.78, 5) is 17.2. The van der Waals surface area contributed by atoms with Crippen molar-refractivity contribution in [2.24, 2.45) is 0 Å². The summed E-state index contributed by atoms with van der Waals surface area (Å²) in [6, 6.07) is 61.5.